The Morgan fingerprint density at radius 3 is 1.81 bits per heavy atom. The van der Waals surface area contributed by atoms with Crippen LogP contribution in [0.1, 0.15) is 35.1 Å². The third kappa shape index (κ3) is 5.51. The highest BCUT2D eigenvalue weighted by molar-refractivity contribution is 6.13. The smallest absolute Gasteiger partial charge is 0.159 e. The Morgan fingerprint density at radius 2 is 1.08 bits per heavy atom. The van der Waals surface area contributed by atoms with E-state index in [9.17, 15) is 0 Å². The summed E-state index contributed by atoms with van der Waals surface area (Å²) >= 11 is 0. The van der Waals surface area contributed by atoms with Crippen LogP contribution in [0, 0.1) is 0 Å². The van der Waals surface area contributed by atoms with Crippen LogP contribution in [-0.4, -0.2) is 19.1 Å². The molecule has 5 heterocycles. The van der Waals surface area contributed by atoms with Crippen LogP contribution >= 0.6 is 0 Å². The van der Waals surface area contributed by atoms with Gasteiger partial charge in [-0.05, 0) is 97.8 Å². The van der Waals surface area contributed by atoms with Crippen molar-refractivity contribution in [3.63, 3.8) is 0 Å². The molecule has 0 radical (unpaired) electrons. The van der Waals surface area contributed by atoms with E-state index in [4.69, 9.17) is 14.4 Å². The fourth-order valence-corrected chi connectivity index (χ4v) is 7.05. The predicted octanol–water partition coefficient (Wildman–Crippen LogP) is 13.5. The summed E-state index contributed by atoms with van der Waals surface area (Å²) in [6, 6.07) is 46.8. The molecule has 5 nitrogen and oxygen atoms in total. The molecule has 10 aromatic rings. The molecule has 5 aromatic heterocycles. The van der Waals surface area contributed by atoms with E-state index in [0.29, 0.717) is 0 Å². The lowest BCUT2D eigenvalue weighted by Gasteiger charge is -2.08. The highest BCUT2D eigenvalue weighted by Crippen LogP contribution is 2.40. The largest absolute Gasteiger partial charge is 0.454 e. The summed E-state index contributed by atoms with van der Waals surface area (Å²) in [7, 11) is 0. The highest BCUT2D eigenvalue weighted by atomic mass is 16.3. The summed E-state index contributed by atoms with van der Waals surface area (Å²) in [4.78, 5) is 9.53. The second-order valence-corrected chi connectivity index (χ2v) is 12.1. The third-order valence-electron chi connectivity index (χ3n) is 9.35. The number of benzene rings is 5. The lowest BCUT2D eigenvalue weighted by atomic mass is 10.0. The van der Waals surface area contributed by atoms with E-state index >= 15 is 0 Å². The molecule has 0 amide bonds. The van der Waals surface area contributed by atoms with Gasteiger partial charge in [0.15, 0.2) is 5.58 Å². The standard InChI is InChI=1S/C40H24N4O.C4H8.C2H6.CH4/c1-2-9-27(10-3-1)43-33-19-17-25(24-31(33)39-34(43)15-7-22-42-39)26-18-20-37-30(23-26)28-12-6-14-36(40(28)45-37)44-32-13-5-4-11-29(32)38-35(44)16-8-21-41-38;1-3-4-2;1-2;/h1-24H;3-4H,1-2H3;1-2H3;1H4/b;4-3-;;. The average Bonchev–Trinajstić information content (AvgIpc) is 3.86. The first-order valence-corrected chi connectivity index (χ1v) is 17.6. The van der Waals surface area contributed by atoms with Gasteiger partial charge in [0.1, 0.15) is 5.58 Å². The minimum absolute atomic E-state index is 0. The van der Waals surface area contributed by atoms with Crippen LogP contribution in [0.15, 0.2) is 162 Å². The van der Waals surface area contributed by atoms with Gasteiger partial charge in [-0.1, -0.05) is 94.1 Å². The molecule has 5 aromatic carbocycles. The lowest BCUT2D eigenvalue weighted by Crippen LogP contribution is -1.94. The topological polar surface area (TPSA) is 48.8 Å². The summed E-state index contributed by atoms with van der Waals surface area (Å²) in [5.41, 5.74) is 12.5. The molecule has 52 heavy (non-hydrogen) atoms. The predicted molar refractivity (Wildman–Crippen MR) is 222 cm³/mol. The Balaban J connectivity index is 0.000000565. The van der Waals surface area contributed by atoms with Crippen molar-refractivity contribution in [3.8, 4) is 22.5 Å². The SMILES string of the molecule is C.C/C=C\C.CC.c1ccc(-n2c3ccc(-c4ccc5oc6c(-n7c8ccccc8c8ncccc87)cccc6c5c4)cc3c3ncccc32)cc1. The van der Waals surface area contributed by atoms with Crippen molar-refractivity contribution < 1.29 is 4.42 Å². The van der Waals surface area contributed by atoms with Crippen LogP contribution in [0.4, 0.5) is 0 Å². The zero-order chi connectivity index (χ0) is 34.9. The second kappa shape index (κ2) is 14.4. The van der Waals surface area contributed by atoms with Crippen LogP contribution < -0.4 is 0 Å². The highest BCUT2D eigenvalue weighted by Gasteiger charge is 2.19. The maximum absolute atomic E-state index is 6.62. The summed E-state index contributed by atoms with van der Waals surface area (Å²) < 4.78 is 11.2. The first-order chi connectivity index (χ1) is 25.2. The van der Waals surface area contributed by atoms with E-state index in [0.717, 1.165) is 88.3 Å². The van der Waals surface area contributed by atoms with E-state index in [1.165, 1.54) is 0 Å². The molecule has 0 saturated carbocycles. The fourth-order valence-electron chi connectivity index (χ4n) is 7.05. The van der Waals surface area contributed by atoms with Crippen molar-refractivity contribution in [3.05, 3.63) is 158 Å². The van der Waals surface area contributed by atoms with Crippen molar-refractivity contribution in [2.75, 3.05) is 0 Å². The van der Waals surface area contributed by atoms with Gasteiger partial charge in [0, 0.05) is 39.6 Å². The molecule has 0 N–H and O–H groups in total. The molecule has 10 rings (SSSR count). The Labute approximate surface area is 304 Å². The maximum atomic E-state index is 6.62. The van der Waals surface area contributed by atoms with Crippen LogP contribution in [0.3, 0.4) is 0 Å². The number of aromatic nitrogens is 4. The van der Waals surface area contributed by atoms with Crippen molar-refractivity contribution >= 4 is 65.8 Å². The van der Waals surface area contributed by atoms with E-state index in [2.05, 4.69) is 124 Å². The molecule has 0 aliphatic heterocycles. The molecular formula is C47H42N4O. The van der Waals surface area contributed by atoms with E-state index in [1.807, 2.05) is 70.4 Å². The normalized spacial score (nSPS) is 11.2. The monoisotopic (exact) mass is 678 g/mol. The minimum atomic E-state index is 0. The molecular weight excluding hydrogens is 637 g/mol. The van der Waals surface area contributed by atoms with Gasteiger partial charge in [-0.2, -0.15) is 0 Å². The average molecular weight is 679 g/mol. The number of para-hydroxylation sites is 3. The van der Waals surface area contributed by atoms with Crippen molar-refractivity contribution in [2.24, 2.45) is 0 Å². The Hall–Kier alpha value is -6.46. The number of furan rings is 1. The number of allylic oxidation sites excluding steroid dienone is 2. The molecule has 0 saturated heterocycles. The van der Waals surface area contributed by atoms with Gasteiger partial charge in [0.05, 0.1) is 38.8 Å². The number of nitrogens with zero attached hydrogens (tertiary/aromatic N) is 4. The van der Waals surface area contributed by atoms with E-state index in [1.54, 1.807) is 0 Å². The van der Waals surface area contributed by atoms with Gasteiger partial charge < -0.3 is 13.6 Å². The summed E-state index contributed by atoms with van der Waals surface area (Å²) in [6.45, 7) is 8.00. The maximum Gasteiger partial charge on any atom is 0.159 e. The van der Waals surface area contributed by atoms with Gasteiger partial charge in [-0.25, -0.2) is 0 Å². The van der Waals surface area contributed by atoms with Gasteiger partial charge >= 0.3 is 0 Å². The van der Waals surface area contributed by atoms with Gasteiger partial charge in [0.25, 0.3) is 0 Å². The third-order valence-corrected chi connectivity index (χ3v) is 9.35. The first-order valence-electron chi connectivity index (χ1n) is 17.6. The number of pyridine rings is 2. The lowest BCUT2D eigenvalue weighted by molar-refractivity contribution is 0.666. The molecule has 0 unspecified atom stereocenters. The van der Waals surface area contributed by atoms with Crippen molar-refractivity contribution in [1.82, 2.24) is 19.1 Å². The summed E-state index contributed by atoms with van der Waals surface area (Å²) in [5.74, 6) is 0. The van der Waals surface area contributed by atoms with Crippen LogP contribution in [0.5, 0.6) is 0 Å². The molecule has 0 atom stereocenters. The molecule has 0 fully saturated rings. The summed E-state index contributed by atoms with van der Waals surface area (Å²) in [5, 5.41) is 4.43. The first kappa shape index (κ1) is 34.0. The van der Waals surface area contributed by atoms with E-state index in [-0.39, 0.29) is 7.43 Å². The molecule has 5 heteroatoms. The Morgan fingerprint density at radius 1 is 0.500 bits per heavy atom. The zero-order valence-corrected chi connectivity index (χ0v) is 29.2. The summed E-state index contributed by atoms with van der Waals surface area (Å²) in [6.07, 6.45) is 7.73. The van der Waals surface area contributed by atoms with Gasteiger partial charge in [0.2, 0.25) is 0 Å². The Bertz CT molecular complexity index is 2800. The molecule has 0 aliphatic carbocycles. The second-order valence-electron chi connectivity index (χ2n) is 12.1. The number of rotatable bonds is 3. The van der Waals surface area contributed by atoms with Crippen molar-refractivity contribution in [2.45, 2.75) is 35.1 Å². The van der Waals surface area contributed by atoms with Gasteiger partial charge in [-0.3, -0.25) is 9.97 Å². The zero-order valence-electron chi connectivity index (χ0n) is 29.2. The molecule has 0 aliphatic rings. The van der Waals surface area contributed by atoms with Crippen molar-refractivity contribution in [1.29, 1.82) is 0 Å². The quantitative estimate of drug-likeness (QED) is 0.175. The number of hydrogen-bond donors (Lipinski definition) is 0. The van der Waals surface area contributed by atoms with E-state index < -0.39 is 0 Å². The number of fused-ring (bicyclic) bond motifs is 9. The molecule has 256 valence electrons. The molecule has 0 bridgehead atoms. The Kier molecular flexibility index (Phi) is 9.43. The van der Waals surface area contributed by atoms with Crippen LogP contribution in [0.2, 0.25) is 0 Å². The van der Waals surface area contributed by atoms with Gasteiger partial charge in [-0.15, -0.1) is 0 Å². The number of hydrogen-bond acceptors (Lipinski definition) is 3. The van der Waals surface area contributed by atoms with Crippen LogP contribution in [0.25, 0.3) is 88.3 Å². The minimum Gasteiger partial charge on any atom is -0.454 e. The molecule has 0 spiro atoms. The fraction of sp³-hybridized carbons (Fsp3) is 0.106. The van der Waals surface area contributed by atoms with Crippen LogP contribution in [-0.2, 0) is 0 Å².